The lowest BCUT2D eigenvalue weighted by molar-refractivity contribution is -0.109. The molecule has 0 spiro atoms. The first-order chi connectivity index (χ1) is 7.75. The number of ether oxygens (including phenoxy) is 2. The van der Waals surface area contributed by atoms with Gasteiger partial charge in [-0.1, -0.05) is 11.8 Å². The SMILES string of the molecule is CC(=O)SCC1CCC(C2OCCO2)CC1. The van der Waals surface area contributed by atoms with Crippen LogP contribution >= 0.6 is 11.8 Å². The molecule has 0 aromatic carbocycles. The van der Waals surface area contributed by atoms with E-state index in [0.717, 1.165) is 19.0 Å². The third-order valence-corrected chi connectivity index (χ3v) is 4.49. The third kappa shape index (κ3) is 3.47. The van der Waals surface area contributed by atoms with Crippen LogP contribution in [0.2, 0.25) is 0 Å². The molecule has 0 radical (unpaired) electrons. The third-order valence-electron chi connectivity index (χ3n) is 3.45. The van der Waals surface area contributed by atoms with E-state index in [2.05, 4.69) is 0 Å². The highest BCUT2D eigenvalue weighted by atomic mass is 32.2. The first-order valence-corrected chi connectivity index (χ1v) is 7.11. The van der Waals surface area contributed by atoms with Gasteiger partial charge >= 0.3 is 0 Å². The van der Waals surface area contributed by atoms with Gasteiger partial charge in [-0.2, -0.15) is 0 Å². The summed E-state index contributed by atoms with van der Waals surface area (Å²) in [5, 5.41) is 0.240. The largest absolute Gasteiger partial charge is 0.350 e. The Labute approximate surface area is 101 Å². The minimum absolute atomic E-state index is 0.0569. The molecule has 0 aromatic rings. The Morgan fingerprint density at radius 1 is 1.19 bits per heavy atom. The van der Waals surface area contributed by atoms with Crippen molar-refractivity contribution < 1.29 is 14.3 Å². The maximum atomic E-state index is 10.9. The molecule has 16 heavy (non-hydrogen) atoms. The first-order valence-electron chi connectivity index (χ1n) is 6.12. The summed E-state index contributed by atoms with van der Waals surface area (Å²) < 4.78 is 11.1. The molecule has 1 aliphatic carbocycles. The van der Waals surface area contributed by atoms with Crippen LogP contribution in [0.3, 0.4) is 0 Å². The van der Waals surface area contributed by atoms with Gasteiger partial charge in [-0.3, -0.25) is 4.79 Å². The molecule has 1 aliphatic heterocycles. The van der Waals surface area contributed by atoms with Gasteiger partial charge in [0.25, 0.3) is 0 Å². The van der Waals surface area contributed by atoms with Crippen LogP contribution in [0.5, 0.6) is 0 Å². The Kier molecular flexibility index (Phi) is 4.67. The van der Waals surface area contributed by atoms with Gasteiger partial charge in [0, 0.05) is 18.6 Å². The van der Waals surface area contributed by atoms with Gasteiger partial charge in [0.1, 0.15) is 0 Å². The molecule has 2 rings (SSSR count). The van der Waals surface area contributed by atoms with Crippen LogP contribution in [0.25, 0.3) is 0 Å². The first kappa shape index (κ1) is 12.4. The highest BCUT2D eigenvalue weighted by Gasteiger charge is 2.31. The van der Waals surface area contributed by atoms with E-state index >= 15 is 0 Å². The molecule has 4 heteroatoms. The van der Waals surface area contributed by atoms with Gasteiger partial charge in [-0.05, 0) is 31.6 Å². The van der Waals surface area contributed by atoms with E-state index in [1.54, 1.807) is 6.92 Å². The molecule has 2 fully saturated rings. The molecule has 1 saturated heterocycles. The van der Waals surface area contributed by atoms with Crippen LogP contribution in [0, 0.1) is 11.8 Å². The molecular weight excluding hydrogens is 224 g/mol. The summed E-state index contributed by atoms with van der Waals surface area (Å²) in [5.41, 5.74) is 0. The number of hydrogen-bond donors (Lipinski definition) is 0. The lowest BCUT2D eigenvalue weighted by Gasteiger charge is -2.30. The normalized spacial score (nSPS) is 31.8. The standard InChI is InChI=1S/C12H20O3S/c1-9(13)16-8-10-2-4-11(5-3-10)12-14-6-7-15-12/h10-12H,2-8H2,1H3. The number of hydrogen-bond acceptors (Lipinski definition) is 4. The molecule has 2 aliphatic rings. The second-order valence-electron chi connectivity index (χ2n) is 4.69. The van der Waals surface area contributed by atoms with Crippen molar-refractivity contribution in [1.29, 1.82) is 0 Å². The van der Waals surface area contributed by atoms with Crippen LogP contribution in [-0.2, 0) is 14.3 Å². The zero-order valence-corrected chi connectivity index (χ0v) is 10.6. The predicted molar refractivity (Wildman–Crippen MR) is 64.3 cm³/mol. The summed E-state index contributed by atoms with van der Waals surface area (Å²) in [6.07, 6.45) is 4.87. The number of thioether (sulfide) groups is 1. The van der Waals surface area contributed by atoms with Gasteiger partial charge in [0.15, 0.2) is 11.4 Å². The van der Waals surface area contributed by atoms with Crippen molar-refractivity contribution >= 4 is 16.9 Å². The van der Waals surface area contributed by atoms with E-state index in [1.165, 1.54) is 37.4 Å². The minimum atomic E-state index is 0.0569. The molecule has 0 atom stereocenters. The second-order valence-corrected chi connectivity index (χ2v) is 5.89. The average Bonchev–Trinajstić information content (AvgIpc) is 2.80. The summed E-state index contributed by atoms with van der Waals surface area (Å²) in [6, 6.07) is 0. The van der Waals surface area contributed by atoms with Crippen LogP contribution in [0.15, 0.2) is 0 Å². The van der Waals surface area contributed by atoms with Crippen molar-refractivity contribution in [2.75, 3.05) is 19.0 Å². The van der Waals surface area contributed by atoms with Gasteiger partial charge in [0.05, 0.1) is 13.2 Å². The zero-order chi connectivity index (χ0) is 11.4. The van der Waals surface area contributed by atoms with Crippen molar-refractivity contribution in [3.8, 4) is 0 Å². The fourth-order valence-corrected chi connectivity index (χ4v) is 3.31. The number of rotatable bonds is 3. The van der Waals surface area contributed by atoms with Crippen molar-refractivity contribution in [3.05, 3.63) is 0 Å². The summed E-state index contributed by atoms with van der Waals surface area (Å²) in [7, 11) is 0. The van der Waals surface area contributed by atoms with E-state index in [9.17, 15) is 4.79 Å². The Morgan fingerprint density at radius 3 is 2.38 bits per heavy atom. The maximum absolute atomic E-state index is 10.9. The average molecular weight is 244 g/mol. The Bertz CT molecular complexity index is 230. The quantitative estimate of drug-likeness (QED) is 0.764. The van der Waals surface area contributed by atoms with Gasteiger partial charge < -0.3 is 9.47 Å². The molecule has 0 N–H and O–H groups in total. The second kappa shape index (κ2) is 6.03. The van der Waals surface area contributed by atoms with Crippen LogP contribution in [0.1, 0.15) is 32.6 Å². The monoisotopic (exact) mass is 244 g/mol. The zero-order valence-electron chi connectivity index (χ0n) is 9.81. The van der Waals surface area contributed by atoms with Crippen molar-refractivity contribution in [2.24, 2.45) is 11.8 Å². The molecule has 1 saturated carbocycles. The summed E-state index contributed by atoms with van der Waals surface area (Å²) in [5.74, 6) is 2.29. The molecule has 0 bridgehead atoms. The van der Waals surface area contributed by atoms with Gasteiger partial charge in [0.2, 0.25) is 0 Å². The maximum Gasteiger partial charge on any atom is 0.185 e. The molecule has 3 nitrogen and oxygen atoms in total. The van der Waals surface area contributed by atoms with Crippen LogP contribution < -0.4 is 0 Å². The van der Waals surface area contributed by atoms with Crippen LogP contribution in [0.4, 0.5) is 0 Å². The Hall–Kier alpha value is -0.0600. The predicted octanol–water partition coefficient (Wildman–Crippen LogP) is 2.45. The van der Waals surface area contributed by atoms with Gasteiger partial charge in [-0.25, -0.2) is 0 Å². The van der Waals surface area contributed by atoms with E-state index in [0.29, 0.717) is 11.8 Å². The fraction of sp³-hybridized carbons (Fsp3) is 0.917. The highest BCUT2D eigenvalue weighted by molar-refractivity contribution is 8.13. The molecule has 0 unspecified atom stereocenters. The molecule has 0 aromatic heterocycles. The summed E-state index contributed by atoms with van der Waals surface area (Å²) in [4.78, 5) is 10.9. The topological polar surface area (TPSA) is 35.5 Å². The highest BCUT2D eigenvalue weighted by Crippen LogP contribution is 2.34. The van der Waals surface area contributed by atoms with Crippen LogP contribution in [-0.4, -0.2) is 30.4 Å². The minimum Gasteiger partial charge on any atom is -0.350 e. The van der Waals surface area contributed by atoms with Crippen molar-refractivity contribution in [2.45, 2.75) is 38.9 Å². The number of carbonyl (C=O) groups is 1. The summed E-state index contributed by atoms with van der Waals surface area (Å²) in [6.45, 7) is 3.16. The lowest BCUT2D eigenvalue weighted by Crippen LogP contribution is -2.27. The lowest BCUT2D eigenvalue weighted by atomic mass is 9.82. The Morgan fingerprint density at radius 2 is 1.81 bits per heavy atom. The van der Waals surface area contributed by atoms with Crippen molar-refractivity contribution in [1.82, 2.24) is 0 Å². The summed E-state index contributed by atoms with van der Waals surface area (Å²) >= 11 is 1.47. The fourth-order valence-electron chi connectivity index (χ4n) is 2.51. The molecule has 0 amide bonds. The van der Waals surface area contributed by atoms with E-state index < -0.39 is 0 Å². The van der Waals surface area contributed by atoms with Gasteiger partial charge in [-0.15, -0.1) is 0 Å². The van der Waals surface area contributed by atoms with E-state index in [1.807, 2.05) is 0 Å². The molecule has 92 valence electrons. The molecular formula is C12H20O3S. The van der Waals surface area contributed by atoms with E-state index in [4.69, 9.17) is 9.47 Å². The smallest absolute Gasteiger partial charge is 0.185 e. The van der Waals surface area contributed by atoms with E-state index in [-0.39, 0.29) is 11.4 Å². The number of carbonyl (C=O) groups excluding carboxylic acids is 1. The van der Waals surface area contributed by atoms with Crippen molar-refractivity contribution in [3.63, 3.8) is 0 Å². The molecule has 1 heterocycles. The Balaban J connectivity index is 1.67.